The first-order chi connectivity index (χ1) is 13.7. The van der Waals surface area contributed by atoms with Gasteiger partial charge in [0.25, 0.3) is 5.91 Å². The Labute approximate surface area is 173 Å². The van der Waals surface area contributed by atoms with E-state index in [1.54, 1.807) is 12.0 Å². The van der Waals surface area contributed by atoms with Crippen LogP contribution >= 0.6 is 24.0 Å². The molecule has 0 unspecified atom stereocenters. The van der Waals surface area contributed by atoms with Crippen LogP contribution in [0.3, 0.4) is 0 Å². The van der Waals surface area contributed by atoms with Crippen molar-refractivity contribution in [2.24, 2.45) is 0 Å². The van der Waals surface area contributed by atoms with Gasteiger partial charge in [-0.2, -0.15) is 0 Å². The van der Waals surface area contributed by atoms with Crippen LogP contribution in [0.5, 0.6) is 5.75 Å². The summed E-state index contributed by atoms with van der Waals surface area (Å²) in [4.78, 5) is 15.0. The SMILES string of the molecule is COCCN1C(=O)/C(=C\C2=Cc3ccccc3O[C@@H]2c2ccccc2)SC1=S. The molecule has 0 spiro atoms. The van der Waals surface area contributed by atoms with Gasteiger partial charge in [-0.25, -0.2) is 0 Å². The van der Waals surface area contributed by atoms with Crippen LogP contribution in [-0.2, 0) is 9.53 Å². The first kappa shape index (κ1) is 18.9. The van der Waals surface area contributed by atoms with Crippen LogP contribution in [0.2, 0.25) is 0 Å². The summed E-state index contributed by atoms with van der Waals surface area (Å²) >= 11 is 6.70. The predicted octanol–water partition coefficient (Wildman–Crippen LogP) is 4.59. The lowest BCUT2D eigenvalue weighted by Crippen LogP contribution is -2.31. The number of carbonyl (C=O) groups excluding carboxylic acids is 1. The molecule has 1 atom stereocenters. The standard InChI is InChI=1S/C22H19NO3S2/c1-25-12-11-23-21(24)19(28-22(23)27)14-17-13-16-9-5-6-10-18(16)26-20(17)15-7-3-2-4-8-15/h2-10,13-14,20H,11-12H2,1H3/b19-14+/t20-/m1/s1. The van der Waals surface area contributed by atoms with Gasteiger partial charge in [0.15, 0.2) is 0 Å². The minimum Gasteiger partial charge on any atom is -0.480 e. The van der Waals surface area contributed by atoms with E-state index in [1.807, 2.05) is 60.7 Å². The van der Waals surface area contributed by atoms with Gasteiger partial charge >= 0.3 is 0 Å². The Balaban J connectivity index is 1.71. The molecule has 0 bridgehead atoms. The largest absolute Gasteiger partial charge is 0.480 e. The van der Waals surface area contributed by atoms with Crippen molar-refractivity contribution in [1.82, 2.24) is 4.90 Å². The van der Waals surface area contributed by atoms with Crippen LogP contribution in [0, 0.1) is 0 Å². The van der Waals surface area contributed by atoms with Gasteiger partial charge in [-0.05, 0) is 29.4 Å². The molecule has 0 radical (unpaired) electrons. The van der Waals surface area contributed by atoms with E-state index in [1.165, 1.54) is 11.8 Å². The second kappa shape index (κ2) is 8.31. The normalized spacial score (nSPS) is 20.2. The molecular formula is C22H19NO3S2. The molecule has 2 heterocycles. The highest BCUT2D eigenvalue weighted by atomic mass is 32.2. The van der Waals surface area contributed by atoms with Crippen LogP contribution in [-0.4, -0.2) is 35.4 Å². The van der Waals surface area contributed by atoms with Gasteiger partial charge in [0, 0.05) is 12.7 Å². The second-order valence-electron chi connectivity index (χ2n) is 6.42. The molecule has 142 valence electrons. The van der Waals surface area contributed by atoms with Gasteiger partial charge in [-0.3, -0.25) is 9.69 Å². The fraction of sp³-hybridized carbons (Fsp3) is 0.182. The van der Waals surface area contributed by atoms with Crippen molar-refractivity contribution in [1.29, 1.82) is 0 Å². The molecule has 6 heteroatoms. The highest BCUT2D eigenvalue weighted by molar-refractivity contribution is 8.26. The number of para-hydroxylation sites is 1. The molecule has 2 aliphatic heterocycles. The van der Waals surface area contributed by atoms with E-state index in [4.69, 9.17) is 21.7 Å². The van der Waals surface area contributed by atoms with Crippen molar-refractivity contribution in [3.8, 4) is 5.75 Å². The van der Waals surface area contributed by atoms with Gasteiger partial charge < -0.3 is 9.47 Å². The number of methoxy groups -OCH3 is 1. The third-order valence-electron chi connectivity index (χ3n) is 4.58. The molecule has 0 N–H and O–H groups in total. The third-order valence-corrected chi connectivity index (χ3v) is 5.96. The van der Waals surface area contributed by atoms with Gasteiger partial charge in [-0.15, -0.1) is 0 Å². The number of thiocarbonyl (C=S) groups is 1. The zero-order valence-electron chi connectivity index (χ0n) is 15.3. The number of thioether (sulfide) groups is 1. The molecule has 0 aromatic heterocycles. The Morgan fingerprint density at radius 1 is 1.18 bits per heavy atom. The first-order valence-corrected chi connectivity index (χ1v) is 10.2. The smallest absolute Gasteiger partial charge is 0.266 e. The van der Waals surface area contributed by atoms with Crippen LogP contribution < -0.4 is 4.74 Å². The zero-order chi connectivity index (χ0) is 19.5. The monoisotopic (exact) mass is 409 g/mol. The highest BCUT2D eigenvalue weighted by Crippen LogP contribution is 2.40. The van der Waals surface area contributed by atoms with Crippen molar-refractivity contribution < 1.29 is 14.3 Å². The summed E-state index contributed by atoms with van der Waals surface area (Å²) in [6.45, 7) is 0.907. The number of hydrogen-bond acceptors (Lipinski definition) is 5. The quantitative estimate of drug-likeness (QED) is 0.533. The maximum atomic E-state index is 12.8. The third kappa shape index (κ3) is 3.76. The molecule has 0 saturated carbocycles. The van der Waals surface area contributed by atoms with Crippen molar-refractivity contribution in [2.75, 3.05) is 20.3 Å². The first-order valence-electron chi connectivity index (χ1n) is 8.94. The van der Waals surface area contributed by atoms with Crippen LogP contribution in [0.1, 0.15) is 17.2 Å². The number of nitrogens with zero attached hydrogens (tertiary/aromatic N) is 1. The molecule has 0 aliphatic carbocycles. The Morgan fingerprint density at radius 2 is 1.93 bits per heavy atom. The van der Waals surface area contributed by atoms with Crippen molar-refractivity contribution in [3.05, 3.63) is 82.3 Å². The molecule has 4 nitrogen and oxygen atoms in total. The number of carbonyl (C=O) groups is 1. The Hall–Kier alpha value is -2.41. The molecule has 2 aromatic rings. The average molecular weight is 410 g/mol. The van der Waals surface area contributed by atoms with Gasteiger partial charge in [-0.1, -0.05) is 72.5 Å². The summed E-state index contributed by atoms with van der Waals surface area (Å²) in [5, 5.41) is 0. The maximum Gasteiger partial charge on any atom is 0.266 e. The number of hydrogen-bond donors (Lipinski definition) is 0. The number of ether oxygens (including phenoxy) is 2. The zero-order valence-corrected chi connectivity index (χ0v) is 17.0. The fourth-order valence-electron chi connectivity index (χ4n) is 3.19. The highest BCUT2D eigenvalue weighted by Gasteiger charge is 2.33. The minimum absolute atomic E-state index is 0.0846. The fourth-order valence-corrected chi connectivity index (χ4v) is 4.50. The summed E-state index contributed by atoms with van der Waals surface area (Å²) in [6, 6.07) is 17.9. The lowest BCUT2D eigenvalue weighted by molar-refractivity contribution is -0.122. The van der Waals surface area contributed by atoms with Gasteiger partial charge in [0.1, 0.15) is 16.2 Å². The van der Waals surface area contributed by atoms with Crippen LogP contribution in [0.15, 0.2) is 71.2 Å². The van der Waals surface area contributed by atoms with E-state index < -0.39 is 0 Å². The van der Waals surface area contributed by atoms with E-state index >= 15 is 0 Å². The Bertz CT molecular complexity index is 969. The Morgan fingerprint density at radius 3 is 2.71 bits per heavy atom. The molecule has 1 saturated heterocycles. The topological polar surface area (TPSA) is 38.8 Å². The van der Waals surface area contributed by atoms with E-state index in [9.17, 15) is 4.79 Å². The van der Waals surface area contributed by atoms with E-state index in [2.05, 4.69) is 6.08 Å². The number of amides is 1. The van der Waals surface area contributed by atoms with Gasteiger partial charge in [0.2, 0.25) is 0 Å². The predicted molar refractivity (Wildman–Crippen MR) is 116 cm³/mol. The van der Waals surface area contributed by atoms with Crippen molar-refractivity contribution >= 4 is 40.3 Å². The lowest BCUT2D eigenvalue weighted by atomic mass is 9.95. The summed E-state index contributed by atoms with van der Waals surface area (Å²) in [5.74, 6) is 0.750. The van der Waals surface area contributed by atoms with Crippen LogP contribution in [0.25, 0.3) is 6.08 Å². The molecule has 4 rings (SSSR count). The summed E-state index contributed by atoms with van der Waals surface area (Å²) in [7, 11) is 1.61. The summed E-state index contributed by atoms with van der Waals surface area (Å²) < 4.78 is 11.9. The van der Waals surface area contributed by atoms with E-state index in [0.29, 0.717) is 22.4 Å². The number of rotatable bonds is 5. The molecule has 28 heavy (non-hydrogen) atoms. The number of fused-ring (bicyclic) bond motifs is 1. The average Bonchev–Trinajstić information content (AvgIpc) is 2.99. The van der Waals surface area contributed by atoms with Crippen LogP contribution in [0.4, 0.5) is 0 Å². The second-order valence-corrected chi connectivity index (χ2v) is 8.09. The molecular weight excluding hydrogens is 390 g/mol. The van der Waals surface area contributed by atoms with Crippen molar-refractivity contribution in [2.45, 2.75) is 6.10 Å². The Kier molecular flexibility index (Phi) is 5.62. The van der Waals surface area contributed by atoms with Crippen molar-refractivity contribution in [3.63, 3.8) is 0 Å². The molecule has 1 amide bonds. The summed E-state index contributed by atoms with van der Waals surface area (Å²) in [6.07, 6.45) is 3.70. The molecule has 2 aliphatic rings. The van der Waals surface area contributed by atoms with Gasteiger partial charge in [0.05, 0.1) is 18.1 Å². The van der Waals surface area contributed by atoms with E-state index in [-0.39, 0.29) is 12.0 Å². The minimum atomic E-state index is -0.279. The molecule has 2 aromatic carbocycles. The number of benzene rings is 2. The summed E-state index contributed by atoms with van der Waals surface area (Å²) in [5.41, 5.74) is 2.96. The maximum absolute atomic E-state index is 12.8. The van der Waals surface area contributed by atoms with E-state index in [0.717, 1.165) is 22.4 Å². The molecule has 1 fully saturated rings. The lowest BCUT2D eigenvalue weighted by Gasteiger charge is -2.26.